The highest BCUT2D eigenvalue weighted by Gasteiger charge is 2.18. The summed E-state index contributed by atoms with van der Waals surface area (Å²) in [5, 5.41) is 0. The van der Waals surface area contributed by atoms with Crippen LogP contribution in [-0.2, 0) is 16.4 Å². The highest BCUT2D eigenvalue weighted by atomic mass is 32.2. The van der Waals surface area contributed by atoms with E-state index in [-0.39, 0.29) is 6.04 Å². The van der Waals surface area contributed by atoms with Gasteiger partial charge in [0.05, 0.1) is 4.90 Å². The van der Waals surface area contributed by atoms with Crippen LogP contribution in [0.25, 0.3) is 0 Å². The summed E-state index contributed by atoms with van der Waals surface area (Å²) in [6.45, 7) is 4.41. The van der Waals surface area contributed by atoms with Crippen LogP contribution in [0.5, 0.6) is 0 Å². The first kappa shape index (κ1) is 16.1. The molecule has 0 bridgehead atoms. The summed E-state index contributed by atoms with van der Waals surface area (Å²) in [5.74, 6) is 0. The highest BCUT2D eigenvalue weighted by Crippen LogP contribution is 2.13. The molecule has 1 aromatic carbocycles. The van der Waals surface area contributed by atoms with E-state index < -0.39 is 10.0 Å². The minimum Gasteiger partial charge on any atom is -0.329 e. The molecule has 1 aromatic rings. The van der Waals surface area contributed by atoms with Crippen molar-refractivity contribution in [3.05, 3.63) is 29.8 Å². The van der Waals surface area contributed by atoms with E-state index in [1.807, 2.05) is 13.0 Å². The summed E-state index contributed by atoms with van der Waals surface area (Å²) in [5.41, 5.74) is 6.64. The second-order valence-corrected chi connectivity index (χ2v) is 6.41. The predicted octanol–water partition coefficient (Wildman–Crippen LogP) is 2.04. The van der Waals surface area contributed by atoms with E-state index in [1.54, 1.807) is 18.2 Å². The van der Waals surface area contributed by atoms with E-state index >= 15 is 0 Å². The van der Waals surface area contributed by atoms with Gasteiger partial charge in [-0.2, -0.15) is 0 Å². The molecule has 1 rings (SSSR count). The van der Waals surface area contributed by atoms with E-state index in [2.05, 4.69) is 11.6 Å². The van der Waals surface area contributed by atoms with Crippen LogP contribution in [0.4, 0.5) is 0 Å². The maximum absolute atomic E-state index is 12.3. The second kappa shape index (κ2) is 7.62. The normalized spacial score (nSPS) is 13.4. The van der Waals surface area contributed by atoms with Crippen molar-refractivity contribution in [1.29, 1.82) is 0 Å². The van der Waals surface area contributed by atoms with E-state index in [1.165, 1.54) is 0 Å². The quantitative estimate of drug-likeness (QED) is 0.767. The van der Waals surface area contributed by atoms with Crippen LogP contribution in [0.3, 0.4) is 0 Å². The van der Waals surface area contributed by atoms with Crippen LogP contribution in [0.1, 0.15) is 38.7 Å². The van der Waals surface area contributed by atoms with Gasteiger partial charge in [0, 0.05) is 12.6 Å². The largest absolute Gasteiger partial charge is 0.329 e. The van der Waals surface area contributed by atoms with Crippen LogP contribution < -0.4 is 10.5 Å². The third kappa shape index (κ3) is 4.93. The highest BCUT2D eigenvalue weighted by molar-refractivity contribution is 7.89. The molecule has 0 aliphatic heterocycles. The van der Waals surface area contributed by atoms with Crippen LogP contribution in [0.15, 0.2) is 29.2 Å². The van der Waals surface area contributed by atoms with Crippen molar-refractivity contribution in [3.8, 4) is 0 Å². The van der Waals surface area contributed by atoms with Gasteiger partial charge in [-0.15, -0.1) is 0 Å². The first-order chi connectivity index (χ1) is 9.03. The van der Waals surface area contributed by atoms with Crippen molar-refractivity contribution in [2.45, 2.75) is 50.5 Å². The number of sulfonamides is 1. The Morgan fingerprint density at radius 1 is 1.32 bits per heavy atom. The average Bonchev–Trinajstić information content (AvgIpc) is 2.43. The van der Waals surface area contributed by atoms with Crippen molar-refractivity contribution >= 4 is 10.0 Å². The molecule has 108 valence electrons. The smallest absolute Gasteiger partial charge is 0.240 e. The van der Waals surface area contributed by atoms with Gasteiger partial charge in [-0.25, -0.2) is 13.1 Å². The van der Waals surface area contributed by atoms with Gasteiger partial charge in [-0.1, -0.05) is 38.8 Å². The van der Waals surface area contributed by atoms with Gasteiger partial charge in [0.25, 0.3) is 0 Å². The molecule has 0 fully saturated rings. The Balaban J connectivity index is 2.84. The Morgan fingerprint density at radius 2 is 2.05 bits per heavy atom. The fourth-order valence-corrected chi connectivity index (χ4v) is 3.25. The lowest BCUT2D eigenvalue weighted by Gasteiger charge is -2.16. The topological polar surface area (TPSA) is 72.2 Å². The van der Waals surface area contributed by atoms with E-state index in [0.29, 0.717) is 11.4 Å². The molecule has 5 heteroatoms. The van der Waals surface area contributed by atoms with Crippen LogP contribution in [-0.4, -0.2) is 21.0 Å². The van der Waals surface area contributed by atoms with Crippen molar-refractivity contribution in [3.63, 3.8) is 0 Å². The van der Waals surface area contributed by atoms with Crippen LogP contribution in [0.2, 0.25) is 0 Å². The molecular weight excluding hydrogens is 260 g/mol. The number of aryl methyl sites for hydroxylation is 1. The number of nitrogens with two attached hydrogens (primary N) is 1. The molecule has 19 heavy (non-hydrogen) atoms. The van der Waals surface area contributed by atoms with Crippen molar-refractivity contribution in [2.75, 3.05) is 6.54 Å². The third-order valence-corrected chi connectivity index (χ3v) is 4.65. The first-order valence-corrected chi connectivity index (χ1v) is 8.33. The lowest BCUT2D eigenvalue weighted by Crippen LogP contribution is -2.40. The second-order valence-electron chi connectivity index (χ2n) is 4.70. The number of nitrogens with one attached hydrogen (secondary N) is 1. The molecule has 0 amide bonds. The predicted molar refractivity (Wildman–Crippen MR) is 78.5 cm³/mol. The van der Waals surface area contributed by atoms with Crippen molar-refractivity contribution in [2.24, 2.45) is 5.73 Å². The molecule has 0 heterocycles. The van der Waals surface area contributed by atoms with Crippen LogP contribution in [0, 0.1) is 0 Å². The van der Waals surface area contributed by atoms with Gasteiger partial charge in [0.1, 0.15) is 0 Å². The zero-order valence-corrected chi connectivity index (χ0v) is 12.5. The van der Waals surface area contributed by atoms with Crippen molar-refractivity contribution in [1.82, 2.24) is 4.72 Å². The maximum Gasteiger partial charge on any atom is 0.240 e. The molecule has 0 saturated heterocycles. The average molecular weight is 284 g/mol. The lowest BCUT2D eigenvalue weighted by atomic mass is 10.1. The molecule has 1 unspecified atom stereocenters. The van der Waals surface area contributed by atoms with Gasteiger partial charge >= 0.3 is 0 Å². The Labute approximate surface area is 116 Å². The molecule has 0 aliphatic rings. The number of unbranched alkanes of at least 4 members (excludes halogenated alkanes) is 1. The SMILES string of the molecule is CCCCC(CN)NS(=O)(=O)c1cccc(CC)c1. The molecule has 0 aromatic heterocycles. The molecule has 0 aliphatic carbocycles. The number of hydrogen-bond donors (Lipinski definition) is 2. The van der Waals surface area contributed by atoms with E-state index in [0.717, 1.165) is 31.2 Å². The summed E-state index contributed by atoms with van der Waals surface area (Å²) in [6.07, 6.45) is 3.60. The molecule has 3 N–H and O–H groups in total. The summed E-state index contributed by atoms with van der Waals surface area (Å²) in [4.78, 5) is 0.321. The lowest BCUT2D eigenvalue weighted by molar-refractivity contribution is 0.516. The Kier molecular flexibility index (Phi) is 6.48. The van der Waals surface area contributed by atoms with Crippen molar-refractivity contribution < 1.29 is 8.42 Å². The van der Waals surface area contributed by atoms with Gasteiger partial charge in [-0.3, -0.25) is 0 Å². The van der Waals surface area contributed by atoms with Crippen LogP contribution >= 0.6 is 0 Å². The molecule has 0 spiro atoms. The Morgan fingerprint density at radius 3 is 2.63 bits per heavy atom. The molecule has 0 saturated carbocycles. The first-order valence-electron chi connectivity index (χ1n) is 6.84. The summed E-state index contributed by atoms with van der Waals surface area (Å²) < 4.78 is 27.2. The van der Waals surface area contributed by atoms with Gasteiger partial charge in [-0.05, 0) is 30.5 Å². The standard InChI is InChI=1S/C14H24N2O2S/c1-3-5-8-13(11-15)16-19(17,18)14-9-6-7-12(4-2)10-14/h6-7,9-10,13,16H,3-5,8,11,15H2,1-2H3. The monoisotopic (exact) mass is 284 g/mol. The van der Waals surface area contributed by atoms with Gasteiger partial charge in [0.2, 0.25) is 10.0 Å². The number of hydrogen-bond acceptors (Lipinski definition) is 3. The zero-order valence-electron chi connectivity index (χ0n) is 11.7. The van der Waals surface area contributed by atoms with Gasteiger partial charge in [0.15, 0.2) is 0 Å². The summed E-state index contributed by atoms with van der Waals surface area (Å²) in [7, 11) is -3.46. The van der Waals surface area contributed by atoms with E-state index in [4.69, 9.17) is 5.73 Å². The molecule has 0 radical (unpaired) electrons. The number of benzene rings is 1. The molecular formula is C14H24N2O2S. The Hall–Kier alpha value is -0.910. The zero-order chi connectivity index (χ0) is 14.3. The maximum atomic E-state index is 12.3. The number of rotatable bonds is 8. The fraction of sp³-hybridized carbons (Fsp3) is 0.571. The van der Waals surface area contributed by atoms with E-state index in [9.17, 15) is 8.42 Å². The summed E-state index contributed by atoms with van der Waals surface area (Å²) >= 11 is 0. The minimum atomic E-state index is -3.46. The summed E-state index contributed by atoms with van der Waals surface area (Å²) in [6, 6.07) is 6.85. The minimum absolute atomic E-state index is 0.185. The fourth-order valence-electron chi connectivity index (χ4n) is 1.90. The molecule has 4 nitrogen and oxygen atoms in total. The Bertz CT molecular complexity index is 486. The van der Waals surface area contributed by atoms with Gasteiger partial charge < -0.3 is 5.73 Å². The third-order valence-electron chi connectivity index (χ3n) is 3.13. The molecule has 1 atom stereocenters.